The van der Waals surface area contributed by atoms with E-state index in [1.807, 2.05) is 6.92 Å². The number of halogens is 1. The van der Waals surface area contributed by atoms with Gasteiger partial charge in [0.05, 0.1) is 6.61 Å². The highest BCUT2D eigenvalue weighted by Crippen LogP contribution is 2.12. The molecule has 0 atom stereocenters. The second-order valence-electron chi connectivity index (χ2n) is 2.29. The van der Waals surface area contributed by atoms with Gasteiger partial charge in [-0.15, -0.1) is 6.58 Å². The van der Waals surface area contributed by atoms with E-state index in [2.05, 4.69) is 6.58 Å². The Hall–Kier alpha value is -0.270. The summed E-state index contributed by atoms with van der Waals surface area (Å²) in [5, 5.41) is 9.13. The first-order valence-electron chi connectivity index (χ1n) is 3.26. The lowest BCUT2D eigenvalue weighted by Crippen LogP contribution is -1.79. The molecule has 0 bridgehead atoms. The maximum atomic E-state index is 8.42. The van der Waals surface area contributed by atoms with Crippen molar-refractivity contribution in [3.05, 3.63) is 23.3 Å². The first-order valence-corrected chi connectivity index (χ1v) is 3.64. The fraction of sp³-hybridized carbons (Fsp3) is 0.500. The van der Waals surface area contributed by atoms with Gasteiger partial charge in [0.1, 0.15) is 0 Å². The summed E-state index contributed by atoms with van der Waals surface area (Å²) in [6, 6.07) is 0. The molecule has 0 saturated carbocycles. The SMILES string of the molecule is C=C(C)CC/C(Cl)=C/CO. The van der Waals surface area contributed by atoms with E-state index in [-0.39, 0.29) is 6.61 Å². The van der Waals surface area contributed by atoms with Crippen molar-refractivity contribution in [1.29, 1.82) is 0 Å². The highest BCUT2D eigenvalue weighted by Gasteiger charge is 1.91. The Balaban J connectivity index is 3.48. The zero-order chi connectivity index (χ0) is 7.98. The smallest absolute Gasteiger partial charge is 0.0626 e. The predicted octanol–water partition coefficient (Wildman–Crippen LogP) is 2.46. The van der Waals surface area contributed by atoms with Crippen LogP contribution < -0.4 is 0 Å². The molecule has 1 nitrogen and oxygen atoms in total. The molecule has 0 aliphatic carbocycles. The number of aliphatic hydroxyl groups excluding tert-OH is 1. The molecule has 10 heavy (non-hydrogen) atoms. The summed E-state index contributed by atoms with van der Waals surface area (Å²) in [6.45, 7) is 5.72. The Morgan fingerprint density at radius 1 is 1.60 bits per heavy atom. The van der Waals surface area contributed by atoms with Crippen LogP contribution in [0.2, 0.25) is 0 Å². The molecular formula is C8H13ClO. The van der Waals surface area contributed by atoms with Gasteiger partial charge in [-0.2, -0.15) is 0 Å². The van der Waals surface area contributed by atoms with Crippen LogP contribution in [-0.4, -0.2) is 11.7 Å². The van der Waals surface area contributed by atoms with Crippen molar-refractivity contribution in [1.82, 2.24) is 0 Å². The van der Waals surface area contributed by atoms with Gasteiger partial charge in [0.2, 0.25) is 0 Å². The minimum Gasteiger partial charge on any atom is -0.392 e. The van der Waals surface area contributed by atoms with Crippen molar-refractivity contribution in [3.8, 4) is 0 Å². The largest absolute Gasteiger partial charge is 0.392 e. The molecule has 0 aromatic carbocycles. The highest BCUT2D eigenvalue weighted by atomic mass is 35.5. The molecule has 0 rings (SSSR count). The van der Waals surface area contributed by atoms with Gasteiger partial charge in [-0.1, -0.05) is 17.2 Å². The normalized spacial score (nSPS) is 11.7. The molecule has 58 valence electrons. The molecule has 0 saturated heterocycles. The van der Waals surface area contributed by atoms with Crippen LogP contribution in [0.1, 0.15) is 19.8 Å². The van der Waals surface area contributed by atoms with E-state index in [1.54, 1.807) is 6.08 Å². The van der Waals surface area contributed by atoms with Gasteiger partial charge >= 0.3 is 0 Å². The van der Waals surface area contributed by atoms with Gasteiger partial charge in [-0.05, 0) is 25.8 Å². The van der Waals surface area contributed by atoms with E-state index in [1.165, 1.54) is 0 Å². The van der Waals surface area contributed by atoms with Gasteiger partial charge in [-0.3, -0.25) is 0 Å². The zero-order valence-electron chi connectivity index (χ0n) is 6.23. The van der Waals surface area contributed by atoms with E-state index < -0.39 is 0 Å². The van der Waals surface area contributed by atoms with Crippen molar-refractivity contribution in [2.24, 2.45) is 0 Å². The molecular weight excluding hydrogens is 148 g/mol. The van der Waals surface area contributed by atoms with E-state index in [0.717, 1.165) is 18.4 Å². The van der Waals surface area contributed by atoms with Crippen LogP contribution in [0, 0.1) is 0 Å². The number of rotatable bonds is 4. The van der Waals surface area contributed by atoms with Crippen LogP contribution in [0.15, 0.2) is 23.3 Å². The van der Waals surface area contributed by atoms with E-state index in [0.29, 0.717) is 5.03 Å². The predicted molar refractivity (Wildman–Crippen MR) is 45.1 cm³/mol. The van der Waals surface area contributed by atoms with E-state index >= 15 is 0 Å². The third-order valence-electron chi connectivity index (χ3n) is 1.10. The van der Waals surface area contributed by atoms with Crippen molar-refractivity contribution in [2.75, 3.05) is 6.61 Å². The molecule has 0 aliphatic rings. The minimum atomic E-state index is 0.0228. The monoisotopic (exact) mass is 160 g/mol. The van der Waals surface area contributed by atoms with Crippen LogP contribution in [0.3, 0.4) is 0 Å². The second kappa shape index (κ2) is 5.51. The zero-order valence-corrected chi connectivity index (χ0v) is 6.99. The maximum Gasteiger partial charge on any atom is 0.0626 e. The summed E-state index contributed by atoms with van der Waals surface area (Å²) in [7, 11) is 0. The van der Waals surface area contributed by atoms with Crippen LogP contribution in [0.25, 0.3) is 0 Å². The third kappa shape index (κ3) is 5.86. The molecule has 0 spiro atoms. The summed E-state index contributed by atoms with van der Waals surface area (Å²) in [4.78, 5) is 0. The summed E-state index contributed by atoms with van der Waals surface area (Å²) in [5.41, 5.74) is 1.12. The van der Waals surface area contributed by atoms with Gasteiger partial charge in [0.15, 0.2) is 0 Å². The summed E-state index contributed by atoms with van der Waals surface area (Å²) < 4.78 is 0. The topological polar surface area (TPSA) is 20.2 Å². The molecule has 2 heteroatoms. The van der Waals surface area contributed by atoms with Crippen molar-refractivity contribution in [3.63, 3.8) is 0 Å². The van der Waals surface area contributed by atoms with Gasteiger partial charge in [0, 0.05) is 5.03 Å². The van der Waals surface area contributed by atoms with Crippen molar-refractivity contribution in [2.45, 2.75) is 19.8 Å². The van der Waals surface area contributed by atoms with Crippen LogP contribution >= 0.6 is 11.6 Å². The lowest BCUT2D eigenvalue weighted by Gasteiger charge is -1.96. The number of aliphatic hydroxyl groups is 1. The average molecular weight is 161 g/mol. The highest BCUT2D eigenvalue weighted by molar-refractivity contribution is 6.29. The number of hydrogen-bond donors (Lipinski definition) is 1. The van der Waals surface area contributed by atoms with E-state index in [4.69, 9.17) is 16.7 Å². The lowest BCUT2D eigenvalue weighted by molar-refractivity contribution is 0.342. The third-order valence-corrected chi connectivity index (χ3v) is 1.45. The molecule has 0 fully saturated rings. The Morgan fingerprint density at radius 2 is 2.20 bits per heavy atom. The quantitative estimate of drug-likeness (QED) is 0.627. The fourth-order valence-electron chi connectivity index (χ4n) is 0.534. The maximum absolute atomic E-state index is 8.42. The molecule has 0 heterocycles. The second-order valence-corrected chi connectivity index (χ2v) is 2.78. The molecule has 0 amide bonds. The molecule has 0 aromatic rings. The fourth-order valence-corrected chi connectivity index (χ4v) is 0.697. The van der Waals surface area contributed by atoms with Gasteiger partial charge in [-0.25, -0.2) is 0 Å². The van der Waals surface area contributed by atoms with Crippen molar-refractivity contribution >= 4 is 11.6 Å². The number of allylic oxidation sites excluding steroid dienone is 2. The molecule has 0 unspecified atom stereocenters. The van der Waals surface area contributed by atoms with Crippen LogP contribution in [0.5, 0.6) is 0 Å². The van der Waals surface area contributed by atoms with Crippen LogP contribution in [0.4, 0.5) is 0 Å². The summed E-state index contributed by atoms with van der Waals surface area (Å²) in [6.07, 6.45) is 3.29. The Bertz CT molecular complexity index is 138. The van der Waals surface area contributed by atoms with Gasteiger partial charge < -0.3 is 5.11 Å². The van der Waals surface area contributed by atoms with Crippen molar-refractivity contribution < 1.29 is 5.11 Å². The van der Waals surface area contributed by atoms with Crippen LogP contribution in [-0.2, 0) is 0 Å². The average Bonchev–Trinajstić information content (AvgIpc) is 1.85. The standard InChI is InChI=1S/C8H13ClO/c1-7(2)3-4-8(9)5-6-10/h5,10H,1,3-4,6H2,2H3/b8-5-. The molecule has 0 radical (unpaired) electrons. The lowest BCUT2D eigenvalue weighted by atomic mass is 10.2. The first kappa shape index (κ1) is 9.73. The van der Waals surface area contributed by atoms with E-state index in [9.17, 15) is 0 Å². The first-order chi connectivity index (χ1) is 4.66. The molecule has 0 aliphatic heterocycles. The Morgan fingerprint density at radius 3 is 2.60 bits per heavy atom. The van der Waals surface area contributed by atoms with Gasteiger partial charge in [0.25, 0.3) is 0 Å². The molecule has 0 aromatic heterocycles. The minimum absolute atomic E-state index is 0.0228. The molecule has 1 N–H and O–H groups in total. The summed E-state index contributed by atoms with van der Waals surface area (Å²) >= 11 is 5.69. The summed E-state index contributed by atoms with van der Waals surface area (Å²) in [5.74, 6) is 0. The Kier molecular flexibility index (Phi) is 5.36. The Labute approximate surface area is 67.0 Å². The number of hydrogen-bond acceptors (Lipinski definition) is 1.